The van der Waals surface area contributed by atoms with Gasteiger partial charge in [-0.25, -0.2) is 0 Å². The topological polar surface area (TPSA) is 26.0 Å². The Morgan fingerprint density at radius 1 is 1.35 bits per heavy atom. The molecule has 1 aromatic rings. The van der Waals surface area contributed by atoms with Gasteiger partial charge >= 0.3 is 6.18 Å². The molecule has 0 spiro atoms. The van der Waals surface area contributed by atoms with Crippen molar-refractivity contribution < 1.29 is 13.2 Å². The molecule has 0 radical (unpaired) electrons. The molecule has 0 aromatic heterocycles. The number of hydrogen-bond donors (Lipinski definition) is 1. The summed E-state index contributed by atoms with van der Waals surface area (Å²) >= 11 is 5.95. The summed E-state index contributed by atoms with van der Waals surface area (Å²) in [5.41, 5.74) is 5.68. The van der Waals surface area contributed by atoms with E-state index in [1.807, 2.05) is 6.92 Å². The lowest BCUT2D eigenvalue weighted by molar-refractivity contribution is -0.137. The van der Waals surface area contributed by atoms with Crippen LogP contribution in [0.3, 0.4) is 0 Å². The largest absolute Gasteiger partial charge is 0.416 e. The van der Waals surface area contributed by atoms with Gasteiger partial charge in [-0.15, -0.1) is 0 Å². The number of alkyl halides is 3. The fraction of sp³-hybridized carbons (Fsp3) is 0.500. The Balaban J connectivity index is 2.40. The van der Waals surface area contributed by atoms with Crippen molar-refractivity contribution in [1.82, 2.24) is 0 Å². The molecule has 17 heavy (non-hydrogen) atoms. The molecule has 2 rings (SSSR count). The first kappa shape index (κ1) is 12.7. The van der Waals surface area contributed by atoms with Gasteiger partial charge in [0.15, 0.2) is 0 Å². The zero-order chi connectivity index (χ0) is 12.8. The van der Waals surface area contributed by atoms with E-state index in [9.17, 15) is 13.2 Å². The molecule has 2 N–H and O–H groups in total. The van der Waals surface area contributed by atoms with E-state index in [4.69, 9.17) is 17.3 Å². The SMILES string of the molecule is CC(N)C1(c2ccc(C(F)(F)F)cc2Cl)CC1. The van der Waals surface area contributed by atoms with Gasteiger partial charge in [0.05, 0.1) is 5.56 Å². The van der Waals surface area contributed by atoms with Gasteiger partial charge in [0.2, 0.25) is 0 Å². The lowest BCUT2D eigenvalue weighted by atomic mass is 9.89. The van der Waals surface area contributed by atoms with Gasteiger partial charge in [0.1, 0.15) is 0 Å². The van der Waals surface area contributed by atoms with Crippen molar-refractivity contribution in [3.05, 3.63) is 34.3 Å². The Kier molecular flexibility index (Phi) is 2.91. The van der Waals surface area contributed by atoms with Crippen LogP contribution < -0.4 is 5.73 Å². The smallest absolute Gasteiger partial charge is 0.327 e. The fourth-order valence-electron chi connectivity index (χ4n) is 2.20. The number of halogens is 4. The van der Waals surface area contributed by atoms with Gasteiger partial charge < -0.3 is 5.73 Å². The summed E-state index contributed by atoms with van der Waals surface area (Å²) in [4.78, 5) is 0. The lowest BCUT2D eigenvalue weighted by Gasteiger charge is -2.22. The summed E-state index contributed by atoms with van der Waals surface area (Å²) in [5, 5.41) is 0.162. The van der Waals surface area contributed by atoms with E-state index in [2.05, 4.69) is 0 Å². The highest BCUT2D eigenvalue weighted by Crippen LogP contribution is 2.52. The molecule has 1 saturated carbocycles. The molecule has 1 fully saturated rings. The Bertz CT molecular complexity index is 436. The zero-order valence-electron chi connectivity index (χ0n) is 9.31. The minimum Gasteiger partial charge on any atom is -0.327 e. The minimum atomic E-state index is -4.35. The third kappa shape index (κ3) is 2.16. The Hall–Kier alpha value is -0.740. The summed E-state index contributed by atoms with van der Waals surface area (Å²) in [7, 11) is 0. The van der Waals surface area contributed by atoms with E-state index >= 15 is 0 Å². The maximum absolute atomic E-state index is 12.5. The zero-order valence-corrected chi connectivity index (χ0v) is 10.1. The molecular weight excluding hydrogens is 251 g/mol. The summed E-state index contributed by atoms with van der Waals surface area (Å²) in [6.07, 6.45) is -2.58. The summed E-state index contributed by atoms with van der Waals surface area (Å²) in [5.74, 6) is 0. The van der Waals surface area contributed by atoms with E-state index in [-0.39, 0.29) is 16.5 Å². The molecule has 5 heteroatoms. The number of benzene rings is 1. The third-order valence-electron chi connectivity index (χ3n) is 3.49. The normalized spacial score (nSPS) is 20.1. The second-order valence-corrected chi connectivity index (χ2v) is 5.04. The van der Waals surface area contributed by atoms with Gasteiger partial charge in [0.25, 0.3) is 0 Å². The minimum absolute atomic E-state index is 0.100. The Morgan fingerprint density at radius 2 is 1.94 bits per heavy atom. The van der Waals surface area contributed by atoms with Crippen LogP contribution in [0.1, 0.15) is 30.9 Å². The monoisotopic (exact) mass is 263 g/mol. The van der Waals surface area contributed by atoms with Crippen molar-refractivity contribution in [3.8, 4) is 0 Å². The van der Waals surface area contributed by atoms with E-state index in [0.717, 1.165) is 30.5 Å². The van der Waals surface area contributed by atoms with Crippen LogP contribution in [0, 0.1) is 0 Å². The molecule has 1 atom stereocenters. The maximum Gasteiger partial charge on any atom is 0.416 e. The molecule has 1 nitrogen and oxygen atoms in total. The second-order valence-electron chi connectivity index (χ2n) is 4.64. The molecule has 0 saturated heterocycles. The highest BCUT2D eigenvalue weighted by molar-refractivity contribution is 6.31. The average Bonchev–Trinajstić information content (AvgIpc) is 2.96. The first-order valence-corrected chi connectivity index (χ1v) is 5.78. The van der Waals surface area contributed by atoms with Gasteiger partial charge in [-0.2, -0.15) is 13.2 Å². The van der Waals surface area contributed by atoms with E-state index in [1.165, 1.54) is 6.07 Å². The average molecular weight is 264 g/mol. The first-order valence-electron chi connectivity index (χ1n) is 5.40. The van der Waals surface area contributed by atoms with Gasteiger partial charge in [-0.1, -0.05) is 17.7 Å². The maximum atomic E-state index is 12.5. The quantitative estimate of drug-likeness (QED) is 0.864. The van der Waals surface area contributed by atoms with Crippen molar-refractivity contribution in [2.24, 2.45) is 5.73 Å². The van der Waals surface area contributed by atoms with E-state index in [0.29, 0.717) is 0 Å². The second kappa shape index (κ2) is 3.89. The molecule has 1 aliphatic carbocycles. The molecule has 1 unspecified atom stereocenters. The van der Waals surface area contributed by atoms with Crippen LogP contribution >= 0.6 is 11.6 Å². The molecule has 0 bridgehead atoms. The highest BCUT2D eigenvalue weighted by atomic mass is 35.5. The van der Waals surface area contributed by atoms with Crippen LogP contribution in [0.5, 0.6) is 0 Å². The van der Waals surface area contributed by atoms with Crippen LogP contribution in [0.25, 0.3) is 0 Å². The molecule has 0 aliphatic heterocycles. The predicted molar refractivity (Wildman–Crippen MR) is 61.0 cm³/mol. The molecule has 0 heterocycles. The molecule has 94 valence electrons. The van der Waals surface area contributed by atoms with Crippen molar-refractivity contribution >= 4 is 11.6 Å². The van der Waals surface area contributed by atoms with Crippen molar-refractivity contribution in [3.63, 3.8) is 0 Å². The van der Waals surface area contributed by atoms with Crippen LogP contribution in [0.4, 0.5) is 13.2 Å². The Morgan fingerprint density at radius 3 is 2.29 bits per heavy atom. The van der Waals surface area contributed by atoms with Crippen LogP contribution in [-0.2, 0) is 11.6 Å². The number of rotatable bonds is 2. The number of nitrogens with two attached hydrogens (primary N) is 1. The van der Waals surface area contributed by atoms with Crippen molar-refractivity contribution in [2.45, 2.75) is 37.4 Å². The summed E-state index contributed by atoms with van der Waals surface area (Å²) < 4.78 is 37.5. The summed E-state index contributed by atoms with van der Waals surface area (Å²) in [6.45, 7) is 1.86. The molecule has 1 aromatic carbocycles. The van der Waals surface area contributed by atoms with Gasteiger partial charge in [-0.3, -0.25) is 0 Å². The first-order chi connectivity index (χ1) is 7.77. The molecule has 1 aliphatic rings. The molecule has 0 amide bonds. The Labute approximate surface area is 103 Å². The fourth-order valence-corrected chi connectivity index (χ4v) is 2.57. The van der Waals surface area contributed by atoms with Crippen LogP contribution in [0.2, 0.25) is 5.02 Å². The van der Waals surface area contributed by atoms with Gasteiger partial charge in [-0.05, 0) is 37.5 Å². The summed E-state index contributed by atoms with van der Waals surface area (Å²) in [6, 6.07) is 3.42. The lowest BCUT2D eigenvalue weighted by Crippen LogP contribution is -2.31. The van der Waals surface area contributed by atoms with Crippen molar-refractivity contribution in [2.75, 3.05) is 0 Å². The highest BCUT2D eigenvalue weighted by Gasteiger charge is 2.48. The van der Waals surface area contributed by atoms with Crippen LogP contribution in [-0.4, -0.2) is 6.04 Å². The number of hydrogen-bond acceptors (Lipinski definition) is 1. The predicted octanol–water partition coefficient (Wildman–Crippen LogP) is 3.74. The van der Waals surface area contributed by atoms with Gasteiger partial charge in [0, 0.05) is 16.5 Å². The van der Waals surface area contributed by atoms with E-state index in [1.54, 1.807) is 0 Å². The molecular formula is C12H13ClF3N. The van der Waals surface area contributed by atoms with Crippen molar-refractivity contribution in [1.29, 1.82) is 0 Å². The van der Waals surface area contributed by atoms with E-state index < -0.39 is 11.7 Å². The third-order valence-corrected chi connectivity index (χ3v) is 3.81. The van der Waals surface area contributed by atoms with Crippen LogP contribution in [0.15, 0.2) is 18.2 Å². The standard InChI is InChI=1S/C12H13ClF3N/c1-7(17)11(4-5-11)9-3-2-8(6-10(9)13)12(14,15)16/h2-3,6-7H,4-5,17H2,1H3.